The maximum atomic E-state index is 13.1. The Morgan fingerprint density at radius 3 is 2.52 bits per heavy atom. The molecule has 0 aromatic heterocycles. The quantitative estimate of drug-likeness (QED) is 0.745. The monoisotopic (exact) mass is 439 g/mol. The molecule has 0 saturated carbocycles. The van der Waals surface area contributed by atoms with Crippen LogP contribution in [0.4, 0.5) is 11.4 Å². The zero-order valence-electron chi connectivity index (χ0n) is 17.4. The fourth-order valence-corrected chi connectivity index (χ4v) is 5.60. The minimum atomic E-state index is -0.163. The van der Waals surface area contributed by atoms with Crippen LogP contribution in [0.5, 0.6) is 0 Å². The topological polar surface area (TPSA) is 66.3 Å². The van der Waals surface area contributed by atoms with Gasteiger partial charge in [-0.25, -0.2) is 0 Å². The van der Waals surface area contributed by atoms with Crippen LogP contribution in [-0.4, -0.2) is 74.6 Å². The van der Waals surface area contributed by atoms with Gasteiger partial charge in [0.1, 0.15) is 13.1 Å². The van der Waals surface area contributed by atoms with Crippen molar-refractivity contribution < 1.29 is 19.2 Å². The summed E-state index contributed by atoms with van der Waals surface area (Å²) in [4.78, 5) is 32.3. The number of piperazine rings is 1. The lowest BCUT2D eigenvalue weighted by molar-refractivity contribution is -0.909. The molecular formula is C23H27N4O3S+. The van der Waals surface area contributed by atoms with Crippen molar-refractivity contribution in [1.29, 1.82) is 0 Å². The van der Waals surface area contributed by atoms with E-state index in [0.717, 1.165) is 36.8 Å². The van der Waals surface area contributed by atoms with Crippen LogP contribution < -0.4 is 15.1 Å². The number of hydrogen-bond acceptors (Lipinski definition) is 5. The summed E-state index contributed by atoms with van der Waals surface area (Å²) < 4.78 is 5.42. The van der Waals surface area contributed by atoms with Crippen LogP contribution in [-0.2, 0) is 9.53 Å². The zero-order chi connectivity index (χ0) is 21.2. The van der Waals surface area contributed by atoms with Gasteiger partial charge in [0.15, 0.2) is 0 Å². The normalized spacial score (nSPS) is 22.1. The minimum Gasteiger partial charge on any atom is -0.370 e. The maximum Gasteiger partial charge on any atom is 0.294 e. The number of thioether (sulfide) groups is 1. The Morgan fingerprint density at radius 1 is 1.03 bits per heavy atom. The average molecular weight is 440 g/mol. The first-order valence-corrected chi connectivity index (χ1v) is 11.7. The number of rotatable bonds is 3. The fourth-order valence-electron chi connectivity index (χ4n) is 4.40. The molecule has 5 rings (SSSR count). The summed E-state index contributed by atoms with van der Waals surface area (Å²) in [5, 5.41) is 2.87. The highest BCUT2D eigenvalue weighted by atomic mass is 32.2. The van der Waals surface area contributed by atoms with Gasteiger partial charge in [0.05, 0.1) is 18.9 Å². The predicted molar refractivity (Wildman–Crippen MR) is 121 cm³/mol. The van der Waals surface area contributed by atoms with Crippen molar-refractivity contribution in [1.82, 2.24) is 4.90 Å². The summed E-state index contributed by atoms with van der Waals surface area (Å²) >= 11 is 1.59. The summed E-state index contributed by atoms with van der Waals surface area (Å²) in [6.45, 7) is 6.07. The lowest BCUT2D eigenvalue weighted by Crippen LogP contribution is -3.18. The number of fused-ring (bicyclic) bond motifs is 1. The highest BCUT2D eigenvalue weighted by molar-refractivity contribution is 8.00. The number of quaternary nitrogens is 1. The molecule has 3 aliphatic rings. The molecular weight excluding hydrogens is 412 g/mol. The molecule has 1 unspecified atom stereocenters. The Hall–Kier alpha value is -2.55. The van der Waals surface area contributed by atoms with Crippen molar-refractivity contribution in [3.05, 3.63) is 54.1 Å². The van der Waals surface area contributed by atoms with E-state index in [-0.39, 0.29) is 17.2 Å². The van der Waals surface area contributed by atoms with E-state index < -0.39 is 0 Å². The molecule has 1 atom stereocenters. The first-order valence-electron chi connectivity index (χ1n) is 10.8. The standard InChI is InChI=1S/C23H26N4O3S/c28-21-23(27-12-14-30-15-13-27)31-20-7-6-17(16-19(20)24-21)22(29)26-10-8-25(9-11-26)18-4-2-1-3-5-18/h1-7,16,23H,8-15H2,(H,24,28)/p+1. The van der Waals surface area contributed by atoms with Crippen LogP contribution in [0.15, 0.2) is 53.4 Å². The fraction of sp³-hybridized carbons (Fsp3) is 0.391. The number of anilines is 2. The molecule has 8 heteroatoms. The Labute approximate surface area is 186 Å². The molecule has 0 aliphatic carbocycles. The number of nitrogens with zero attached hydrogens (tertiary/aromatic N) is 2. The van der Waals surface area contributed by atoms with Crippen LogP contribution in [0.1, 0.15) is 10.4 Å². The summed E-state index contributed by atoms with van der Waals surface area (Å²) in [5.74, 6) is 0.0335. The van der Waals surface area contributed by atoms with Gasteiger partial charge in [-0.2, -0.15) is 0 Å². The molecule has 3 heterocycles. The number of carbonyl (C=O) groups is 2. The third kappa shape index (κ3) is 4.28. The molecule has 0 bridgehead atoms. The number of morpholine rings is 1. The summed E-state index contributed by atoms with van der Waals surface area (Å²) in [6, 6.07) is 16.0. The van der Waals surface area contributed by atoms with E-state index >= 15 is 0 Å². The predicted octanol–water partition coefficient (Wildman–Crippen LogP) is 0.934. The maximum absolute atomic E-state index is 13.1. The Bertz CT molecular complexity index is 957. The molecule has 162 valence electrons. The van der Waals surface area contributed by atoms with Crippen molar-refractivity contribution in [3.8, 4) is 0 Å². The molecule has 2 amide bonds. The second kappa shape index (κ2) is 8.90. The van der Waals surface area contributed by atoms with Crippen LogP contribution in [0.25, 0.3) is 0 Å². The van der Waals surface area contributed by atoms with E-state index in [1.54, 1.807) is 11.8 Å². The Kier molecular flexibility index (Phi) is 5.85. The molecule has 2 saturated heterocycles. The first kappa shape index (κ1) is 20.4. The Morgan fingerprint density at radius 2 is 1.77 bits per heavy atom. The highest BCUT2D eigenvalue weighted by Crippen LogP contribution is 2.34. The third-order valence-electron chi connectivity index (χ3n) is 6.16. The lowest BCUT2D eigenvalue weighted by atomic mass is 10.1. The number of benzene rings is 2. The number of para-hydroxylation sites is 1. The zero-order valence-corrected chi connectivity index (χ0v) is 18.2. The second-order valence-corrected chi connectivity index (χ2v) is 9.23. The lowest BCUT2D eigenvalue weighted by Gasteiger charge is -2.36. The molecule has 31 heavy (non-hydrogen) atoms. The van der Waals surface area contributed by atoms with Gasteiger partial charge in [0.2, 0.25) is 5.37 Å². The molecule has 3 aliphatic heterocycles. The van der Waals surface area contributed by atoms with Crippen LogP contribution in [0, 0.1) is 0 Å². The van der Waals surface area contributed by atoms with Crippen LogP contribution >= 0.6 is 11.8 Å². The van der Waals surface area contributed by atoms with Gasteiger partial charge in [0.25, 0.3) is 11.8 Å². The molecule has 0 radical (unpaired) electrons. The van der Waals surface area contributed by atoms with E-state index in [1.165, 1.54) is 10.6 Å². The average Bonchev–Trinajstić information content (AvgIpc) is 2.84. The molecule has 7 nitrogen and oxygen atoms in total. The van der Waals surface area contributed by atoms with E-state index in [2.05, 4.69) is 22.3 Å². The van der Waals surface area contributed by atoms with E-state index in [9.17, 15) is 9.59 Å². The van der Waals surface area contributed by atoms with Crippen molar-refractivity contribution >= 4 is 35.0 Å². The third-order valence-corrected chi connectivity index (χ3v) is 7.55. The second-order valence-electron chi connectivity index (χ2n) is 8.08. The number of ether oxygens (including phenoxy) is 1. The Balaban J connectivity index is 1.24. The largest absolute Gasteiger partial charge is 0.370 e. The summed E-state index contributed by atoms with van der Waals surface area (Å²) in [6.07, 6.45) is 0. The van der Waals surface area contributed by atoms with E-state index in [4.69, 9.17) is 4.74 Å². The molecule has 2 N–H and O–H groups in total. The number of nitrogens with one attached hydrogen (secondary N) is 2. The minimum absolute atomic E-state index is 0.00970. The number of hydrogen-bond donors (Lipinski definition) is 2. The van der Waals surface area contributed by atoms with Gasteiger partial charge in [0, 0.05) is 42.3 Å². The molecule has 0 spiro atoms. The van der Waals surface area contributed by atoms with Crippen molar-refractivity contribution in [2.75, 3.05) is 62.7 Å². The van der Waals surface area contributed by atoms with Crippen molar-refractivity contribution in [2.45, 2.75) is 10.3 Å². The van der Waals surface area contributed by atoms with Gasteiger partial charge in [-0.05, 0) is 30.3 Å². The van der Waals surface area contributed by atoms with Gasteiger partial charge < -0.3 is 24.8 Å². The van der Waals surface area contributed by atoms with E-state index in [0.29, 0.717) is 31.9 Å². The van der Waals surface area contributed by atoms with Gasteiger partial charge in [-0.15, -0.1) is 0 Å². The van der Waals surface area contributed by atoms with Gasteiger partial charge >= 0.3 is 0 Å². The van der Waals surface area contributed by atoms with Crippen molar-refractivity contribution in [2.24, 2.45) is 0 Å². The van der Waals surface area contributed by atoms with Crippen LogP contribution in [0.2, 0.25) is 0 Å². The van der Waals surface area contributed by atoms with E-state index in [1.807, 2.05) is 41.3 Å². The first-order chi connectivity index (χ1) is 15.2. The molecule has 2 aromatic rings. The molecule has 2 aromatic carbocycles. The van der Waals surface area contributed by atoms with Crippen LogP contribution in [0.3, 0.4) is 0 Å². The summed E-state index contributed by atoms with van der Waals surface area (Å²) in [5.41, 5.74) is 2.57. The summed E-state index contributed by atoms with van der Waals surface area (Å²) in [7, 11) is 0. The molecule has 2 fully saturated rings. The highest BCUT2D eigenvalue weighted by Gasteiger charge is 2.37. The SMILES string of the molecule is O=C1Nc2cc(C(=O)N3CCN(c4ccccc4)CC3)ccc2SC1[NH+]1CCOCC1. The number of carbonyl (C=O) groups excluding carboxylic acids is 2. The van der Waals surface area contributed by atoms with Crippen molar-refractivity contribution in [3.63, 3.8) is 0 Å². The van der Waals surface area contributed by atoms with Gasteiger partial charge in [-0.1, -0.05) is 30.0 Å². The smallest absolute Gasteiger partial charge is 0.294 e. The number of amides is 2. The van der Waals surface area contributed by atoms with Gasteiger partial charge in [-0.3, -0.25) is 9.59 Å².